The van der Waals surface area contributed by atoms with Gasteiger partial charge >= 0.3 is 0 Å². The van der Waals surface area contributed by atoms with E-state index < -0.39 is 0 Å². The van der Waals surface area contributed by atoms with E-state index in [1.165, 1.54) is 6.92 Å². The van der Waals surface area contributed by atoms with E-state index in [4.69, 9.17) is 4.42 Å². The zero-order valence-electron chi connectivity index (χ0n) is 13.9. The summed E-state index contributed by atoms with van der Waals surface area (Å²) in [6.45, 7) is 5.51. The zero-order valence-corrected chi connectivity index (χ0v) is 13.9. The van der Waals surface area contributed by atoms with Crippen molar-refractivity contribution >= 4 is 22.4 Å². The molecule has 0 spiro atoms. The molecule has 1 unspecified atom stereocenters. The van der Waals surface area contributed by atoms with Gasteiger partial charge in [0, 0.05) is 16.5 Å². The Balaban J connectivity index is 1.98. The number of carbonyl (C=O) groups is 1. The van der Waals surface area contributed by atoms with Gasteiger partial charge in [0.1, 0.15) is 17.4 Å². The van der Waals surface area contributed by atoms with E-state index in [1.807, 2.05) is 38.1 Å². The van der Waals surface area contributed by atoms with Gasteiger partial charge in [0.15, 0.2) is 5.78 Å². The second kappa shape index (κ2) is 6.21. The average Bonchev–Trinajstić information content (AvgIpc) is 2.92. The minimum absolute atomic E-state index is 0.0323. The van der Waals surface area contributed by atoms with Gasteiger partial charge in [-0.2, -0.15) is 5.26 Å². The van der Waals surface area contributed by atoms with Crippen molar-refractivity contribution in [3.8, 4) is 6.07 Å². The number of fused-ring (bicyclic) bond motifs is 1. The third kappa shape index (κ3) is 2.77. The number of rotatable bonds is 4. The molecule has 3 aromatic rings. The van der Waals surface area contributed by atoms with Gasteiger partial charge in [0.2, 0.25) is 0 Å². The Morgan fingerprint density at radius 3 is 2.67 bits per heavy atom. The van der Waals surface area contributed by atoms with Crippen LogP contribution in [-0.4, -0.2) is 5.78 Å². The Morgan fingerprint density at radius 2 is 2.00 bits per heavy atom. The van der Waals surface area contributed by atoms with Crippen molar-refractivity contribution in [2.75, 3.05) is 5.32 Å². The Bertz CT molecular complexity index is 963. The highest BCUT2D eigenvalue weighted by atomic mass is 16.3. The van der Waals surface area contributed by atoms with Crippen LogP contribution in [0.5, 0.6) is 0 Å². The molecule has 1 N–H and O–H groups in total. The second-order valence-corrected chi connectivity index (χ2v) is 5.88. The van der Waals surface area contributed by atoms with Crippen molar-refractivity contribution in [1.82, 2.24) is 0 Å². The Kier molecular flexibility index (Phi) is 4.09. The fourth-order valence-electron chi connectivity index (χ4n) is 2.89. The number of nitriles is 1. The molecule has 2 aromatic carbocycles. The van der Waals surface area contributed by atoms with Crippen LogP contribution in [0.3, 0.4) is 0 Å². The molecule has 1 heterocycles. The van der Waals surface area contributed by atoms with Crippen molar-refractivity contribution in [3.05, 3.63) is 64.9 Å². The number of Topliss-reactive ketones (excluding diaryl/α,β-unsaturated/α-hetero) is 1. The van der Waals surface area contributed by atoms with E-state index >= 15 is 0 Å². The van der Waals surface area contributed by atoms with Gasteiger partial charge in [-0.3, -0.25) is 4.79 Å². The van der Waals surface area contributed by atoms with Gasteiger partial charge in [-0.1, -0.05) is 18.2 Å². The number of carbonyl (C=O) groups excluding carboxylic acids is 1. The van der Waals surface area contributed by atoms with Crippen molar-refractivity contribution in [3.63, 3.8) is 0 Å². The molecular weight excluding hydrogens is 300 g/mol. The number of nitrogens with one attached hydrogen (secondary N) is 1. The van der Waals surface area contributed by atoms with E-state index in [1.54, 1.807) is 18.2 Å². The lowest BCUT2D eigenvalue weighted by Gasteiger charge is -2.16. The monoisotopic (exact) mass is 318 g/mol. The van der Waals surface area contributed by atoms with E-state index in [2.05, 4.69) is 11.4 Å². The van der Waals surface area contributed by atoms with Crippen LogP contribution in [-0.2, 0) is 0 Å². The Hall–Kier alpha value is -3.06. The highest BCUT2D eigenvalue weighted by molar-refractivity contribution is 5.95. The van der Waals surface area contributed by atoms with Gasteiger partial charge in [-0.05, 0) is 45.0 Å². The third-order valence-electron chi connectivity index (χ3n) is 4.19. The lowest BCUT2D eigenvalue weighted by atomic mass is 10.0. The number of ketones is 1. The quantitative estimate of drug-likeness (QED) is 0.688. The minimum atomic E-state index is -0.133. The molecule has 0 saturated carbocycles. The Morgan fingerprint density at radius 1 is 1.25 bits per heavy atom. The predicted molar refractivity (Wildman–Crippen MR) is 94.2 cm³/mol. The van der Waals surface area contributed by atoms with Gasteiger partial charge < -0.3 is 9.73 Å². The summed E-state index contributed by atoms with van der Waals surface area (Å²) in [5, 5.41) is 13.7. The van der Waals surface area contributed by atoms with Crippen molar-refractivity contribution < 1.29 is 9.21 Å². The first-order valence-electron chi connectivity index (χ1n) is 7.81. The Labute approximate surface area is 140 Å². The lowest BCUT2D eigenvalue weighted by molar-refractivity contribution is 0.101. The fourth-order valence-corrected chi connectivity index (χ4v) is 2.89. The topological polar surface area (TPSA) is 66.0 Å². The van der Waals surface area contributed by atoms with E-state index in [9.17, 15) is 10.1 Å². The molecular formula is C20H18N2O2. The third-order valence-corrected chi connectivity index (χ3v) is 4.19. The number of nitrogens with zero attached hydrogens (tertiary/aromatic N) is 1. The van der Waals surface area contributed by atoms with Crippen LogP contribution in [0.4, 0.5) is 5.69 Å². The molecule has 0 saturated heterocycles. The van der Waals surface area contributed by atoms with Crippen molar-refractivity contribution in [1.29, 1.82) is 5.26 Å². The molecule has 0 bridgehead atoms. The van der Waals surface area contributed by atoms with Gasteiger partial charge in [-0.15, -0.1) is 0 Å². The van der Waals surface area contributed by atoms with Crippen LogP contribution in [0.1, 0.15) is 47.1 Å². The predicted octanol–water partition coefficient (Wildman–Crippen LogP) is 4.99. The standard InChI is InChI=1S/C20H18N2O2/c1-12-17-6-4-5-7-19(17)24-20(12)13(2)22-18-10-15(14(3)23)8-9-16(18)11-21/h4-10,13,22H,1-3H3. The molecule has 24 heavy (non-hydrogen) atoms. The lowest BCUT2D eigenvalue weighted by Crippen LogP contribution is -2.09. The molecule has 4 nitrogen and oxygen atoms in total. The molecule has 0 fully saturated rings. The number of hydrogen-bond donors (Lipinski definition) is 1. The first-order chi connectivity index (χ1) is 11.5. The SMILES string of the molecule is CC(=O)c1ccc(C#N)c(NC(C)c2oc3ccccc3c2C)c1. The number of anilines is 1. The highest BCUT2D eigenvalue weighted by Crippen LogP contribution is 2.31. The summed E-state index contributed by atoms with van der Waals surface area (Å²) in [5.41, 5.74) is 3.63. The van der Waals surface area contributed by atoms with Crippen LogP contribution in [0, 0.1) is 18.3 Å². The molecule has 0 aliphatic rings. The number of aryl methyl sites for hydroxylation is 1. The smallest absolute Gasteiger partial charge is 0.159 e. The summed E-state index contributed by atoms with van der Waals surface area (Å²) in [6, 6.07) is 15.0. The molecule has 0 amide bonds. The van der Waals surface area contributed by atoms with Crippen LogP contribution >= 0.6 is 0 Å². The normalized spacial score (nSPS) is 11.9. The maximum Gasteiger partial charge on any atom is 0.159 e. The van der Waals surface area contributed by atoms with Gasteiger partial charge in [-0.25, -0.2) is 0 Å². The summed E-state index contributed by atoms with van der Waals surface area (Å²) >= 11 is 0. The maximum atomic E-state index is 11.6. The summed E-state index contributed by atoms with van der Waals surface area (Å²) in [4.78, 5) is 11.6. The molecule has 1 atom stereocenters. The van der Waals surface area contributed by atoms with E-state index in [-0.39, 0.29) is 11.8 Å². The zero-order chi connectivity index (χ0) is 17.3. The summed E-state index contributed by atoms with van der Waals surface area (Å²) < 4.78 is 5.97. The number of furan rings is 1. The highest BCUT2D eigenvalue weighted by Gasteiger charge is 2.18. The van der Waals surface area contributed by atoms with Crippen molar-refractivity contribution in [2.24, 2.45) is 0 Å². The van der Waals surface area contributed by atoms with Crippen molar-refractivity contribution in [2.45, 2.75) is 26.8 Å². The molecule has 0 aliphatic carbocycles. The first-order valence-corrected chi connectivity index (χ1v) is 7.81. The van der Waals surface area contributed by atoms with Crippen LogP contribution in [0.15, 0.2) is 46.9 Å². The maximum absolute atomic E-state index is 11.6. The summed E-state index contributed by atoms with van der Waals surface area (Å²) in [6.07, 6.45) is 0. The molecule has 4 heteroatoms. The second-order valence-electron chi connectivity index (χ2n) is 5.88. The van der Waals surface area contributed by atoms with E-state index in [0.717, 1.165) is 22.3 Å². The van der Waals surface area contributed by atoms with Crippen LogP contribution in [0.25, 0.3) is 11.0 Å². The fraction of sp³-hybridized carbons (Fsp3) is 0.200. The molecule has 120 valence electrons. The summed E-state index contributed by atoms with van der Waals surface area (Å²) in [7, 11) is 0. The summed E-state index contributed by atoms with van der Waals surface area (Å²) in [5.74, 6) is 0.795. The van der Waals surface area contributed by atoms with Crippen LogP contribution in [0.2, 0.25) is 0 Å². The number of hydrogen-bond acceptors (Lipinski definition) is 4. The van der Waals surface area contributed by atoms with Crippen LogP contribution < -0.4 is 5.32 Å². The first kappa shape index (κ1) is 15.8. The number of benzene rings is 2. The molecule has 0 aliphatic heterocycles. The largest absolute Gasteiger partial charge is 0.459 e. The van der Waals surface area contributed by atoms with Gasteiger partial charge in [0.05, 0.1) is 17.3 Å². The van der Waals surface area contributed by atoms with Gasteiger partial charge in [0.25, 0.3) is 0 Å². The molecule has 1 aromatic heterocycles. The average molecular weight is 318 g/mol. The minimum Gasteiger partial charge on any atom is -0.459 e. The molecule has 0 radical (unpaired) electrons. The number of para-hydroxylation sites is 1. The molecule has 3 rings (SSSR count). The van der Waals surface area contributed by atoms with E-state index in [0.29, 0.717) is 16.8 Å².